The zero-order chi connectivity index (χ0) is 19.7. The van der Waals surface area contributed by atoms with Crippen LogP contribution in [0.5, 0.6) is 0 Å². The summed E-state index contributed by atoms with van der Waals surface area (Å²) >= 11 is 3.04. The highest BCUT2D eigenvalue weighted by Crippen LogP contribution is 2.34. The minimum Gasteiger partial charge on any atom is -0.342 e. The third-order valence-electron chi connectivity index (χ3n) is 6.18. The van der Waals surface area contributed by atoms with Crippen molar-refractivity contribution in [3.8, 4) is 0 Å². The predicted molar refractivity (Wildman–Crippen MR) is 117 cm³/mol. The van der Waals surface area contributed by atoms with Gasteiger partial charge in [0.25, 0.3) is 5.56 Å². The van der Waals surface area contributed by atoms with Crippen LogP contribution in [0.25, 0.3) is 10.2 Å². The molecule has 152 valence electrons. The van der Waals surface area contributed by atoms with Gasteiger partial charge in [-0.05, 0) is 45.1 Å². The lowest BCUT2D eigenvalue weighted by Crippen LogP contribution is -2.33. The highest BCUT2D eigenvalue weighted by atomic mass is 32.2. The average Bonchev–Trinajstić information content (AvgIpc) is 3.19. The summed E-state index contributed by atoms with van der Waals surface area (Å²) in [5, 5.41) is 1.51. The molecule has 0 atom stereocenters. The smallest absolute Gasteiger partial charge is 0.263 e. The molecule has 3 heterocycles. The molecule has 1 aliphatic carbocycles. The van der Waals surface area contributed by atoms with E-state index in [9.17, 15) is 9.59 Å². The van der Waals surface area contributed by atoms with Crippen LogP contribution in [-0.2, 0) is 4.79 Å². The normalized spacial score (nSPS) is 18.7. The van der Waals surface area contributed by atoms with E-state index in [0.717, 1.165) is 77.4 Å². The van der Waals surface area contributed by atoms with Gasteiger partial charge in [-0.1, -0.05) is 37.4 Å². The van der Waals surface area contributed by atoms with E-state index in [1.54, 1.807) is 11.3 Å². The highest BCUT2D eigenvalue weighted by molar-refractivity contribution is 7.99. The number of amides is 1. The van der Waals surface area contributed by atoms with E-state index in [0.29, 0.717) is 5.75 Å². The zero-order valence-corrected chi connectivity index (χ0v) is 18.5. The van der Waals surface area contributed by atoms with Crippen LogP contribution in [0, 0.1) is 13.8 Å². The maximum absolute atomic E-state index is 13.4. The van der Waals surface area contributed by atoms with Gasteiger partial charge in [0.15, 0.2) is 5.16 Å². The van der Waals surface area contributed by atoms with Crippen molar-refractivity contribution < 1.29 is 4.79 Å². The van der Waals surface area contributed by atoms with Crippen LogP contribution in [0.15, 0.2) is 9.95 Å². The van der Waals surface area contributed by atoms with E-state index in [4.69, 9.17) is 4.98 Å². The van der Waals surface area contributed by atoms with Crippen molar-refractivity contribution in [1.82, 2.24) is 14.5 Å². The van der Waals surface area contributed by atoms with E-state index in [1.165, 1.54) is 24.6 Å². The fraction of sp³-hybridized carbons (Fsp3) is 0.667. The van der Waals surface area contributed by atoms with Crippen molar-refractivity contribution in [2.24, 2.45) is 0 Å². The minimum atomic E-state index is 0.0865. The first kappa shape index (κ1) is 20.0. The Hall–Kier alpha value is -1.34. The molecule has 2 fully saturated rings. The number of aryl methyl sites for hydroxylation is 2. The third kappa shape index (κ3) is 3.88. The number of hydrogen-bond acceptors (Lipinski definition) is 5. The van der Waals surface area contributed by atoms with Gasteiger partial charge in [0.1, 0.15) is 4.83 Å². The molecule has 5 nitrogen and oxygen atoms in total. The largest absolute Gasteiger partial charge is 0.342 e. The van der Waals surface area contributed by atoms with Crippen molar-refractivity contribution in [2.75, 3.05) is 18.8 Å². The molecule has 7 heteroatoms. The monoisotopic (exact) mass is 419 g/mol. The van der Waals surface area contributed by atoms with Crippen molar-refractivity contribution in [3.63, 3.8) is 0 Å². The fourth-order valence-electron chi connectivity index (χ4n) is 4.41. The Morgan fingerprint density at radius 3 is 2.46 bits per heavy atom. The van der Waals surface area contributed by atoms with Gasteiger partial charge in [0.2, 0.25) is 5.91 Å². The second-order valence-corrected chi connectivity index (χ2v) is 10.2. The lowest BCUT2D eigenvalue weighted by Gasteiger charge is -2.21. The highest BCUT2D eigenvalue weighted by Gasteiger charge is 2.26. The molecule has 28 heavy (non-hydrogen) atoms. The van der Waals surface area contributed by atoms with Gasteiger partial charge in [0, 0.05) is 24.0 Å². The van der Waals surface area contributed by atoms with Crippen LogP contribution in [-0.4, -0.2) is 39.2 Å². The van der Waals surface area contributed by atoms with E-state index >= 15 is 0 Å². The zero-order valence-electron chi connectivity index (χ0n) is 16.8. The topological polar surface area (TPSA) is 55.2 Å². The summed E-state index contributed by atoms with van der Waals surface area (Å²) in [7, 11) is 0. The molecule has 2 aromatic rings. The summed E-state index contributed by atoms with van der Waals surface area (Å²) in [5.74, 6) is 0.548. The lowest BCUT2D eigenvalue weighted by molar-refractivity contribution is -0.128. The molecule has 1 amide bonds. The van der Waals surface area contributed by atoms with Crippen molar-refractivity contribution in [1.29, 1.82) is 0 Å². The Bertz CT molecular complexity index is 920. The molecule has 2 aromatic heterocycles. The number of fused-ring (bicyclic) bond motifs is 1. The molecule has 0 spiro atoms. The van der Waals surface area contributed by atoms with Gasteiger partial charge < -0.3 is 4.90 Å². The van der Waals surface area contributed by atoms with Gasteiger partial charge in [-0.15, -0.1) is 11.3 Å². The number of hydrogen-bond donors (Lipinski definition) is 0. The maximum Gasteiger partial charge on any atom is 0.263 e. The van der Waals surface area contributed by atoms with Crippen LogP contribution in [0.2, 0.25) is 0 Å². The number of aromatic nitrogens is 2. The van der Waals surface area contributed by atoms with E-state index in [2.05, 4.69) is 6.92 Å². The summed E-state index contributed by atoms with van der Waals surface area (Å²) < 4.78 is 1.91. The summed E-state index contributed by atoms with van der Waals surface area (Å²) in [6.07, 6.45) is 9.01. The average molecular weight is 420 g/mol. The number of thioether (sulfide) groups is 1. The van der Waals surface area contributed by atoms with Crippen LogP contribution in [0.4, 0.5) is 0 Å². The van der Waals surface area contributed by atoms with Gasteiger partial charge in [0.05, 0.1) is 11.1 Å². The molecule has 0 radical (unpaired) electrons. The van der Waals surface area contributed by atoms with Gasteiger partial charge in [-0.3, -0.25) is 14.2 Å². The fourth-order valence-corrected chi connectivity index (χ4v) is 6.45. The molecule has 1 saturated carbocycles. The number of nitrogens with zero attached hydrogens (tertiary/aromatic N) is 3. The second kappa shape index (κ2) is 8.57. The number of thiophene rings is 1. The Morgan fingerprint density at radius 2 is 1.79 bits per heavy atom. The van der Waals surface area contributed by atoms with E-state index < -0.39 is 0 Å². The standard InChI is InChI=1S/C21H29N3O2S2/c1-14-15(2)28-19-18(14)20(26)24(16-9-5-6-10-16)21(22-19)27-13-17(25)23-11-7-3-4-8-12-23/h16H,3-13H2,1-2H3. The lowest BCUT2D eigenvalue weighted by atomic mass is 10.2. The van der Waals surface area contributed by atoms with Crippen LogP contribution in [0.3, 0.4) is 0 Å². The van der Waals surface area contributed by atoms with Crippen molar-refractivity contribution in [2.45, 2.75) is 76.4 Å². The number of likely N-dealkylation sites (tertiary alicyclic amines) is 1. The molecule has 0 N–H and O–H groups in total. The van der Waals surface area contributed by atoms with E-state index in [-0.39, 0.29) is 17.5 Å². The Balaban J connectivity index is 1.64. The maximum atomic E-state index is 13.4. The molecule has 1 saturated heterocycles. The third-order valence-corrected chi connectivity index (χ3v) is 8.21. The first-order valence-electron chi connectivity index (χ1n) is 10.5. The summed E-state index contributed by atoms with van der Waals surface area (Å²) in [4.78, 5) is 35.0. The van der Waals surface area contributed by atoms with Crippen molar-refractivity contribution >= 4 is 39.2 Å². The Morgan fingerprint density at radius 1 is 1.11 bits per heavy atom. The predicted octanol–water partition coefficient (Wildman–Crippen LogP) is 4.68. The second-order valence-electron chi connectivity index (χ2n) is 8.05. The Kier molecular flexibility index (Phi) is 6.11. The molecule has 4 rings (SSSR count). The molecule has 0 unspecified atom stereocenters. The molecular formula is C21H29N3O2S2. The van der Waals surface area contributed by atoms with E-state index in [1.807, 2.05) is 16.4 Å². The van der Waals surface area contributed by atoms with Gasteiger partial charge in [-0.2, -0.15) is 0 Å². The van der Waals surface area contributed by atoms with Crippen LogP contribution in [0.1, 0.15) is 67.8 Å². The first-order valence-corrected chi connectivity index (χ1v) is 12.3. The summed E-state index contributed by atoms with van der Waals surface area (Å²) in [6, 6.07) is 0.222. The van der Waals surface area contributed by atoms with Crippen LogP contribution >= 0.6 is 23.1 Å². The minimum absolute atomic E-state index is 0.0865. The molecule has 0 aromatic carbocycles. The van der Waals surface area contributed by atoms with Crippen LogP contribution < -0.4 is 5.56 Å². The molecule has 2 aliphatic rings. The first-order chi connectivity index (χ1) is 13.6. The summed E-state index contributed by atoms with van der Waals surface area (Å²) in [5.41, 5.74) is 1.14. The Labute approximate surface area is 174 Å². The number of rotatable bonds is 4. The van der Waals surface area contributed by atoms with Gasteiger partial charge >= 0.3 is 0 Å². The van der Waals surface area contributed by atoms with Crippen molar-refractivity contribution in [3.05, 3.63) is 20.8 Å². The quantitative estimate of drug-likeness (QED) is 0.533. The molecular weight excluding hydrogens is 390 g/mol. The SMILES string of the molecule is Cc1sc2nc(SCC(=O)N3CCCCCC3)n(C3CCCC3)c(=O)c2c1C. The number of carbonyl (C=O) groups is 1. The molecule has 1 aliphatic heterocycles. The number of carbonyl (C=O) groups excluding carboxylic acids is 1. The summed E-state index contributed by atoms with van der Waals surface area (Å²) in [6.45, 7) is 5.80. The molecule has 0 bridgehead atoms. The van der Waals surface area contributed by atoms with Gasteiger partial charge in [-0.25, -0.2) is 4.98 Å².